The maximum absolute atomic E-state index is 11.7. The number of carbonyl (C=O) groups excluding carboxylic acids is 1. The lowest BCUT2D eigenvalue weighted by molar-refractivity contribution is 0.0952. The van der Waals surface area contributed by atoms with Crippen LogP contribution in [0.5, 0.6) is 0 Å². The maximum atomic E-state index is 11.7. The highest BCUT2D eigenvalue weighted by molar-refractivity contribution is 9.11. The van der Waals surface area contributed by atoms with Gasteiger partial charge in [-0.1, -0.05) is 20.8 Å². The Bertz CT molecular complexity index is 386. The zero-order valence-electron chi connectivity index (χ0n) is 10.2. The number of rotatable bonds is 4. The molecule has 0 aliphatic carbocycles. The van der Waals surface area contributed by atoms with E-state index in [2.05, 4.69) is 42.0 Å². The molecule has 17 heavy (non-hydrogen) atoms. The number of amides is 1. The van der Waals surface area contributed by atoms with Crippen molar-refractivity contribution in [2.24, 2.45) is 5.41 Å². The van der Waals surface area contributed by atoms with Gasteiger partial charge in [0.05, 0.1) is 14.7 Å². The Morgan fingerprint density at radius 2 is 2.24 bits per heavy atom. The summed E-state index contributed by atoms with van der Waals surface area (Å²) in [6, 6.07) is 1.81. The smallest absolute Gasteiger partial charge is 0.252 e. The van der Waals surface area contributed by atoms with Gasteiger partial charge in [-0.05, 0) is 33.8 Å². The van der Waals surface area contributed by atoms with Crippen molar-refractivity contribution < 1.29 is 4.79 Å². The Kier molecular flexibility index (Phi) is 5.48. The fourth-order valence-electron chi connectivity index (χ4n) is 1.47. The van der Waals surface area contributed by atoms with Gasteiger partial charge in [0, 0.05) is 11.9 Å². The van der Waals surface area contributed by atoms with Crippen LogP contribution in [0.3, 0.4) is 0 Å². The predicted molar refractivity (Wildman–Crippen MR) is 78.1 cm³/mol. The lowest BCUT2D eigenvalue weighted by Gasteiger charge is -2.21. The molecule has 0 aromatic carbocycles. The monoisotopic (exact) mass is 337 g/mol. The molecular formula is C12H17BrClNOS. The third kappa shape index (κ3) is 5.89. The largest absolute Gasteiger partial charge is 0.351 e. The second kappa shape index (κ2) is 6.21. The topological polar surface area (TPSA) is 29.1 Å². The minimum absolute atomic E-state index is 0.0268. The highest BCUT2D eigenvalue weighted by atomic mass is 79.9. The van der Waals surface area contributed by atoms with E-state index in [1.165, 1.54) is 11.3 Å². The average molecular weight is 339 g/mol. The number of hydrogen-bond donors (Lipinski definition) is 1. The maximum Gasteiger partial charge on any atom is 0.252 e. The first kappa shape index (κ1) is 15.0. The number of thiophene rings is 1. The minimum Gasteiger partial charge on any atom is -0.351 e. The summed E-state index contributed by atoms with van der Waals surface area (Å²) in [7, 11) is 0. The van der Waals surface area contributed by atoms with E-state index in [9.17, 15) is 4.79 Å². The normalized spacial score (nSPS) is 13.5. The molecule has 0 saturated heterocycles. The number of halogens is 2. The van der Waals surface area contributed by atoms with Crippen molar-refractivity contribution in [2.75, 3.05) is 6.54 Å². The predicted octanol–water partition coefficient (Wildman–Crippen LogP) is 4.28. The Balaban J connectivity index is 2.38. The fraction of sp³-hybridized carbons (Fsp3) is 0.583. The zero-order valence-corrected chi connectivity index (χ0v) is 13.4. The quantitative estimate of drug-likeness (QED) is 0.816. The molecule has 1 amide bonds. The van der Waals surface area contributed by atoms with E-state index in [-0.39, 0.29) is 16.7 Å². The van der Waals surface area contributed by atoms with Crippen LogP contribution in [0.1, 0.15) is 37.6 Å². The van der Waals surface area contributed by atoms with E-state index < -0.39 is 0 Å². The van der Waals surface area contributed by atoms with Crippen LogP contribution in [0.2, 0.25) is 0 Å². The van der Waals surface area contributed by atoms with Gasteiger partial charge in [-0.25, -0.2) is 0 Å². The molecule has 5 heteroatoms. The summed E-state index contributed by atoms with van der Waals surface area (Å²) >= 11 is 11.0. The summed E-state index contributed by atoms with van der Waals surface area (Å²) in [6.45, 7) is 6.92. The standard InChI is InChI=1S/C12H17BrClNOS/c1-12(2,3)5-9(14)6-15-11(16)8-4-10(13)17-7-8/h4,7,9H,5-6H2,1-3H3,(H,15,16). The van der Waals surface area contributed by atoms with Crippen LogP contribution in [0, 0.1) is 5.41 Å². The van der Waals surface area contributed by atoms with Crippen molar-refractivity contribution >= 4 is 44.8 Å². The lowest BCUT2D eigenvalue weighted by Crippen LogP contribution is -2.31. The minimum atomic E-state index is -0.0634. The van der Waals surface area contributed by atoms with Crippen LogP contribution in [-0.2, 0) is 0 Å². The van der Waals surface area contributed by atoms with Gasteiger partial charge in [0.25, 0.3) is 5.91 Å². The molecule has 96 valence electrons. The van der Waals surface area contributed by atoms with Crippen molar-refractivity contribution in [3.8, 4) is 0 Å². The van der Waals surface area contributed by atoms with Crippen LogP contribution < -0.4 is 5.32 Å². The molecule has 1 rings (SSSR count). The number of nitrogens with one attached hydrogen (secondary N) is 1. The first-order valence-corrected chi connectivity index (χ1v) is 7.55. The van der Waals surface area contributed by atoms with Gasteiger partial charge in [0.15, 0.2) is 0 Å². The summed E-state index contributed by atoms with van der Waals surface area (Å²) < 4.78 is 0.958. The second-order valence-corrected chi connectivity index (χ2v) is 8.12. The molecule has 1 heterocycles. The van der Waals surface area contributed by atoms with Crippen LogP contribution in [0.25, 0.3) is 0 Å². The van der Waals surface area contributed by atoms with Crippen LogP contribution in [0.15, 0.2) is 15.2 Å². The van der Waals surface area contributed by atoms with Crippen molar-refractivity contribution in [2.45, 2.75) is 32.6 Å². The fourth-order valence-corrected chi connectivity index (χ4v) is 3.15. The van der Waals surface area contributed by atoms with Crippen LogP contribution in [-0.4, -0.2) is 17.8 Å². The van der Waals surface area contributed by atoms with Crippen LogP contribution in [0.4, 0.5) is 0 Å². The molecule has 0 fully saturated rings. The van der Waals surface area contributed by atoms with Gasteiger partial charge in [0.1, 0.15) is 0 Å². The lowest BCUT2D eigenvalue weighted by atomic mass is 9.90. The van der Waals surface area contributed by atoms with E-state index in [1.54, 1.807) is 0 Å². The van der Waals surface area contributed by atoms with Crippen molar-refractivity contribution in [1.29, 1.82) is 0 Å². The van der Waals surface area contributed by atoms with E-state index in [1.807, 2.05) is 11.4 Å². The SMILES string of the molecule is CC(C)(C)CC(Cl)CNC(=O)c1csc(Br)c1. The third-order valence-corrected chi connectivity index (χ3v) is 3.96. The molecule has 0 aliphatic heterocycles. The Labute approximate surface area is 120 Å². The van der Waals surface area contributed by atoms with E-state index in [4.69, 9.17) is 11.6 Å². The van der Waals surface area contributed by atoms with Crippen molar-refractivity contribution in [3.05, 3.63) is 20.8 Å². The second-order valence-electron chi connectivity index (χ2n) is 5.21. The van der Waals surface area contributed by atoms with Gasteiger partial charge >= 0.3 is 0 Å². The number of alkyl halides is 1. The Morgan fingerprint density at radius 3 is 2.71 bits per heavy atom. The first-order chi connectivity index (χ1) is 7.78. The number of hydrogen-bond acceptors (Lipinski definition) is 2. The molecule has 0 spiro atoms. The van der Waals surface area contributed by atoms with E-state index >= 15 is 0 Å². The summed E-state index contributed by atoms with van der Waals surface area (Å²) in [5.41, 5.74) is 0.865. The molecule has 1 atom stereocenters. The molecule has 0 aliphatic rings. The molecule has 0 radical (unpaired) electrons. The molecule has 1 aromatic heterocycles. The van der Waals surface area contributed by atoms with E-state index in [0.717, 1.165) is 10.2 Å². The van der Waals surface area contributed by atoms with Gasteiger partial charge in [-0.15, -0.1) is 22.9 Å². The van der Waals surface area contributed by atoms with Crippen molar-refractivity contribution in [1.82, 2.24) is 5.32 Å². The third-order valence-electron chi connectivity index (χ3n) is 2.15. The van der Waals surface area contributed by atoms with Gasteiger partial charge in [-0.2, -0.15) is 0 Å². The summed E-state index contributed by atoms with van der Waals surface area (Å²) in [6.07, 6.45) is 0.877. The van der Waals surface area contributed by atoms with Gasteiger partial charge in [-0.3, -0.25) is 4.79 Å². The first-order valence-electron chi connectivity index (χ1n) is 5.44. The molecule has 0 bridgehead atoms. The highest BCUT2D eigenvalue weighted by Gasteiger charge is 2.17. The molecule has 1 aromatic rings. The molecule has 2 nitrogen and oxygen atoms in total. The average Bonchev–Trinajstić information content (AvgIpc) is 2.58. The Hall–Kier alpha value is -0.0600. The summed E-state index contributed by atoms with van der Waals surface area (Å²) in [5, 5.41) is 4.65. The zero-order chi connectivity index (χ0) is 13.1. The summed E-state index contributed by atoms with van der Waals surface area (Å²) in [5.74, 6) is -0.0634. The molecule has 1 unspecified atom stereocenters. The van der Waals surface area contributed by atoms with Crippen molar-refractivity contribution in [3.63, 3.8) is 0 Å². The molecule has 0 saturated carbocycles. The summed E-state index contributed by atoms with van der Waals surface area (Å²) in [4.78, 5) is 11.7. The highest BCUT2D eigenvalue weighted by Crippen LogP contribution is 2.23. The van der Waals surface area contributed by atoms with Gasteiger partial charge < -0.3 is 5.32 Å². The Morgan fingerprint density at radius 1 is 1.59 bits per heavy atom. The van der Waals surface area contributed by atoms with Gasteiger partial charge in [0.2, 0.25) is 0 Å². The molecular weight excluding hydrogens is 322 g/mol. The van der Waals surface area contributed by atoms with Crippen LogP contribution >= 0.6 is 38.9 Å². The van der Waals surface area contributed by atoms with E-state index in [0.29, 0.717) is 12.1 Å². The number of carbonyl (C=O) groups is 1. The molecule has 1 N–H and O–H groups in total.